The maximum absolute atomic E-state index is 14.3. The largest absolute Gasteiger partial charge is 0.338 e. The van der Waals surface area contributed by atoms with Crippen LogP contribution in [0, 0.1) is 11.7 Å². The van der Waals surface area contributed by atoms with E-state index < -0.39 is 32.2 Å². The molecule has 1 saturated heterocycles. The van der Waals surface area contributed by atoms with Crippen LogP contribution in [-0.2, 0) is 29.9 Å². The van der Waals surface area contributed by atoms with Gasteiger partial charge < -0.3 is 14.8 Å². The molecule has 30 heavy (non-hydrogen) atoms. The number of fused-ring (bicyclic) bond motifs is 2. The molecule has 0 radical (unpaired) electrons. The number of sulfone groups is 1. The van der Waals surface area contributed by atoms with E-state index in [1.807, 2.05) is 0 Å². The third-order valence-corrected chi connectivity index (χ3v) is 7.78. The third kappa shape index (κ3) is 3.22. The summed E-state index contributed by atoms with van der Waals surface area (Å²) in [6.07, 6.45) is 3.70. The average molecular weight is 452 g/mol. The molecule has 3 aliphatic rings. The van der Waals surface area contributed by atoms with Gasteiger partial charge in [-0.25, -0.2) is 12.8 Å². The van der Waals surface area contributed by atoms with E-state index in [2.05, 4.69) is 5.32 Å². The summed E-state index contributed by atoms with van der Waals surface area (Å²) in [5.74, 6) is -2.50. The van der Waals surface area contributed by atoms with Crippen LogP contribution in [0.25, 0.3) is 0 Å². The van der Waals surface area contributed by atoms with Crippen molar-refractivity contribution in [3.8, 4) is 0 Å². The van der Waals surface area contributed by atoms with E-state index in [9.17, 15) is 17.6 Å². The predicted octanol–water partition coefficient (Wildman–Crippen LogP) is 4.02. The maximum Gasteiger partial charge on any atom is 0.289 e. The van der Waals surface area contributed by atoms with Gasteiger partial charge in [-0.3, -0.25) is 4.79 Å². The van der Waals surface area contributed by atoms with E-state index in [1.54, 1.807) is 0 Å². The Kier molecular flexibility index (Phi) is 4.66. The van der Waals surface area contributed by atoms with Crippen molar-refractivity contribution in [2.24, 2.45) is 5.92 Å². The third-order valence-electron chi connectivity index (χ3n) is 5.76. The highest BCUT2D eigenvalue weighted by Gasteiger charge is 2.53. The topological polar surface area (TPSA) is 81.7 Å². The van der Waals surface area contributed by atoms with Gasteiger partial charge in [0.15, 0.2) is 0 Å². The van der Waals surface area contributed by atoms with Gasteiger partial charge in [0.1, 0.15) is 10.7 Å². The summed E-state index contributed by atoms with van der Waals surface area (Å²) in [6, 6.07) is 7.51. The van der Waals surface area contributed by atoms with E-state index in [0.29, 0.717) is 30.2 Å². The van der Waals surface area contributed by atoms with Crippen molar-refractivity contribution >= 4 is 33.0 Å². The standard InChI is InChI=1S/C21H19ClFNO5S/c22-13-3-6-19(17(23)10-13)30(26,27)15-4-5-18-16(11-15)21(20(25)24-18)28-8-7-14(29-21)9-12-1-2-12/h3-6,10-12,14H,1-2,7-9H2,(H,24,25)/t14?,21-/m1/s1. The zero-order valence-electron chi connectivity index (χ0n) is 15.9. The zero-order chi connectivity index (χ0) is 21.1. The summed E-state index contributed by atoms with van der Waals surface area (Å²) in [5, 5.41) is 2.81. The summed E-state index contributed by atoms with van der Waals surface area (Å²) < 4.78 is 52.4. The fourth-order valence-electron chi connectivity index (χ4n) is 4.03. The maximum atomic E-state index is 14.3. The van der Waals surface area contributed by atoms with Crippen LogP contribution in [0.5, 0.6) is 0 Å². The summed E-state index contributed by atoms with van der Waals surface area (Å²) in [7, 11) is -4.19. The van der Waals surface area contributed by atoms with Crippen LogP contribution in [0.1, 0.15) is 31.2 Å². The summed E-state index contributed by atoms with van der Waals surface area (Å²) >= 11 is 5.74. The molecule has 1 spiro atoms. The molecule has 5 rings (SSSR count). The first-order valence-corrected chi connectivity index (χ1v) is 11.6. The molecule has 6 nitrogen and oxygen atoms in total. The van der Waals surface area contributed by atoms with Crippen molar-refractivity contribution in [2.75, 3.05) is 11.9 Å². The molecule has 2 aromatic rings. The summed E-state index contributed by atoms with van der Waals surface area (Å²) in [4.78, 5) is 12.1. The second-order valence-corrected chi connectivity index (χ2v) is 10.3. The average Bonchev–Trinajstić information content (AvgIpc) is 3.47. The predicted molar refractivity (Wildman–Crippen MR) is 106 cm³/mol. The molecule has 0 aromatic heterocycles. The van der Waals surface area contributed by atoms with Crippen LogP contribution >= 0.6 is 11.6 Å². The number of ether oxygens (including phenoxy) is 2. The number of benzene rings is 2. The molecule has 1 amide bonds. The van der Waals surface area contributed by atoms with Gasteiger partial charge in [-0.05, 0) is 55.2 Å². The lowest BCUT2D eigenvalue weighted by Crippen LogP contribution is -2.47. The number of carbonyl (C=O) groups excluding carboxylic acids is 1. The fourth-order valence-corrected chi connectivity index (χ4v) is 5.53. The van der Waals surface area contributed by atoms with Crippen molar-refractivity contribution < 1.29 is 27.1 Å². The molecular formula is C21H19ClFNO5S. The van der Waals surface area contributed by atoms with Gasteiger partial charge in [-0.2, -0.15) is 0 Å². The lowest BCUT2D eigenvalue weighted by molar-refractivity contribution is -0.281. The van der Waals surface area contributed by atoms with Crippen LogP contribution in [0.4, 0.5) is 10.1 Å². The molecule has 2 atom stereocenters. The monoisotopic (exact) mass is 451 g/mol. The number of rotatable bonds is 4. The minimum absolute atomic E-state index is 0.0971. The van der Waals surface area contributed by atoms with Crippen molar-refractivity contribution in [2.45, 2.75) is 47.4 Å². The van der Waals surface area contributed by atoms with Crippen LogP contribution in [-0.4, -0.2) is 27.0 Å². The Balaban J connectivity index is 1.55. The molecule has 1 aliphatic carbocycles. The lowest BCUT2D eigenvalue weighted by Gasteiger charge is -2.37. The number of nitrogens with one attached hydrogen (secondary N) is 1. The first kappa shape index (κ1) is 19.9. The van der Waals surface area contributed by atoms with E-state index in [1.165, 1.54) is 24.3 Å². The van der Waals surface area contributed by atoms with E-state index in [0.717, 1.165) is 31.4 Å². The fraction of sp³-hybridized carbons (Fsp3) is 0.381. The first-order chi connectivity index (χ1) is 14.3. The smallest absolute Gasteiger partial charge is 0.289 e. The van der Waals surface area contributed by atoms with Crippen LogP contribution in [0.15, 0.2) is 46.2 Å². The van der Waals surface area contributed by atoms with Gasteiger partial charge in [0.2, 0.25) is 9.84 Å². The van der Waals surface area contributed by atoms with Gasteiger partial charge in [0, 0.05) is 10.6 Å². The Morgan fingerprint density at radius 3 is 2.70 bits per heavy atom. The highest BCUT2D eigenvalue weighted by molar-refractivity contribution is 7.91. The minimum atomic E-state index is -4.19. The summed E-state index contributed by atoms with van der Waals surface area (Å²) in [5.41, 5.74) is 0.714. The number of hydrogen-bond donors (Lipinski definition) is 1. The van der Waals surface area contributed by atoms with Crippen molar-refractivity contribution in [3.05, 3.63) is 52.8 Å². The molecule has 2 fully saturated rings. The van der Waals surface area contributed by atoms with Gasteiger partial charge in [0.25, 0.3) is 11.7 Å². The second kappa shape index (κ2) is 7.02. The number of halogens is 2. The van der Waals surface area contributed by atoms with Crippen molar-refractivity contribution in [1.82, 2.24) is 0 Å². The SMILES string of the molecule is O=C1Nc2ccc(S(=O)(=O)c3ccc(Cl)cc3F)cc2[C@]12OCCC(CC1CC1)O2. The number of carbonyl (C=O) groups is 1. The van der Waals surface area contributed by atoms with Crippen LogP contribution in [0.3, 0.4) is 0 Å². The number of amides is 1. The molecule has 2 aliphatic heterocycles. The zero-order valence-corrected chi connectivity index (χ0v) is 17.4. The van der Waals surface area contributed by atoms with E-state index in [-0.39, 0.29) is 16.0 Å². The first-order valence-electron chi connectivity index (χ1n) is 9.77. The van der Waals surface area contributed by atoms with E-state index in [4.69, 9.17) is 21.1 Å². The number of anilines is 1. The van der Waals surface area contributed by atoms with Crippen molar-refractivity contribution in [1.29, 1.82) is 0 Å². The van der Waals surface area contributed by atoms with Gasteiger partial charge >= 0.3 is 0 Å². The molecule has 2 heterocycles. The quantitative estimate of drug-likeness (QED) is 0.759. The highest BCUT2D eigenvalue weighted by atomic mass is 35.5. The molecule has 9 heteroatoms. The Morgan fingerprint density at radius 1 is 1.17 bits per heavy atom. The molecule has 1 N–H and O–H groups in total. The number of hydrogen-bond acceptors (Lipinski definition) is 5. The second-order valence-electron chi connectivity index (χ2n) is 7.91. The summed E-state index contributed by atoms with van der Waals surface area (Å²) in [6.45, 7) is 0.326. The normalized spacial score (nSPS) is 25.9. The Labute approximate surface area is 178 Å². The van der Waals surface area contributed by atoms with E-state index >= 15 is 0 Å². The van der Waals surface area contributed by atoms with Gasteiger partial charge in [-0.15, -0.1) is 0 Å². The Bertz CT molecular complexity index is 1150. The molecular weight excluding hydrogens is 433 g/mol. The van der Waals surface area contributed by atoms with Crippen LogP contribution in [0.2, 0.25) is 5.02 Å². The Morgan fingerprint density at radius 2 is 1.97 bits per heavy atom. The van der Waals surface area contributed by atoms with Gasteiger partial charge in [0.05, 0.1) is 23.3 Å². The molecule has 158 valence electrons. The molecule has 1 saturated carbocycles. The van der Waals surface area contributed by atoms with Crippen LogP contribution < -0.4 is 5.32 Å². The van der Waals surface area contributed by atoms with Crippen molar-refractivity contribution in [3.63, 3.8) is 0 Å². The lowest BCUT2D eigenvalue weighted by atomic mass is 10.0. The Hall–Kier alpha value is -2.00. The minimum Gasteiger partial charge on any atom is -0.338 e. The molecule has 1 unspecified atom stereocenters. The molecule has 2 aromatic carbocycles. The molecule has 0 bridgehead atoms. The van der Waals surface area contributed by atoms with Gasteiger partial charge in [-0.1, -0.05) is 24.4 Å². The highest BCUT2D eigenvalue weighted by Crippen LogP contribution is 2.46.